The molecule has 2 aromatic rings. The molecule has 3 heteroatoms. The Morgan fingerprint density at radius 3 is 2.35 bits per heavy atom. The molecule has 0 aliphatic carbocycles. The molecule has 2 nitrogen and oxygen atoms in total. The Bertz CT molecular complexity index is 664. The third kappa shape index (κ3) is 5.14. The highest BCUT2D eigenvalue weighted by Crippen LogP contribution is 2.21. The van der Waals surface area contributed by atoms with Crippen molar-refractivity contribution in [1.29, 1.82) is 0 Å². The summed E-state index contributed by atoms with van der Waals surface area (Å²) >= 11 is 1.58. The summed E-state index contributed by atoms with van der Waals surface area (Å²) in [5.74, 6) is 0.533. The number of hydrogen-bond acceptors (Lipinski definition) is 2. The average molecular weight is 327 g/mol. The van der Waals surface area contributed by atoms with E-state index >= 15 is 0 Å². The van der Waals surface area contributed by atoms with E-state index in [1.807, 2.05) is 0 Å². The second-order valence-corrected chi connectivity index (χ2v) is 7.02. The number of benzene rings is 2. The summed E-state index contributed by atoms with van der Waals surface area (Å²) in [6.45, 7) is 8.39. The van der Waals surface area contributed by atoms with E-state index in [4.69, 9.17) is 0 Å². The molecule has 23 heavy (non-hydrogen) atoms. The van der Waals surface area contributed by atoms with Crippen LogP contribution in [0.3, 0.4) is 0 Å². The molecule has 0 spiro atoms. The number of thioether (sulfide) groups is 1. The minimum atomic E-state index is 0.0837. The minimum Gasteiger partial charge on any atom is -0.349 e. The van der Waals surface area contributed by atoms with Crippen molar-refractivity contribution in [2.45, 2.75) is 45.1 Å². The van der Waals surface area contributed by atoms with E-state index in [9.17, 15) is 4.79 Å². The molecular formula is C20H25NOS. The largest absolute Gasteiger partial charge is 0.349 e. The first-order chi connectivity index (χ1) is 11.0. The van der Waals surface area contributed by atoms with Crippen molar-refractivity contribution in [1.82, 2.24) is 5.32 Å². The fourth-order valence-electron chi connectivity index (χ4n) is 2.42. The fourth-order valence-corrected chi connectivity index (χ4v) is 3.13. The summed E-state index contributed by atoms with van der Waals surface area (Å²) in [7, 11) is 0. The molecule has 0 aliphatic rings. The van der Waals surface area contributed by atoms with Crippen LogP contribution in [-0.2, 0) is 4.79 Å². The van der Waals surface area contributed by atoms with Crippen LogP contribution >= 0.6 is 11.8 Å². The van der Waals surface area contributed by atoms with E-state index in [0.29, 0.717) is 5.75 Å². The van der Waals surface area contributed by atoms with Crippen LogP contribution in [0.5, 0.6) is 0 Å². The highest BCUT2D eigenvalue weighted by atomic mass is 32.2. The van der Waals surface area contributed by atoms with Gasteiger partial charge in [0.25, 0.3) is 0 Å². The van der Waals surface area contributed by atoms with E-state index in [1.54, 1.807) is 11.8 Å². The van der Waals surface area contributed by atoms with Gasteiger partial charge in [-0.2, -0.15) is 0 Å². The van der Waals surface area contributed by atoms with Gasteiger partial charge in [-0.1, -0.05) is 42.8 Å². The van der Waals surface area contributed by atoms with Crippen LogP contribution in [0.15, 0.2) is 47.4 Å². The van der Waals surface area contributed by atoms with Gasteiger partial charge in [-0.05, 0) is 56.0 Å². The molecule has 0 fully saturated rings. The second-order valence-electron chi connectivity index (χ2n) is 5.97. The van der Waals surface area contributed by atoms with Crippen LogP contribution in [0, 0.1) is 20.8 Å². The lowest BCUT2D eigenvalue weighted by atomic mass is 9.99. The lowest BCUT2D eigenvalue weighted by molar-refractivity contribution is -0.119. The van der Waals surface area contributed by atoms with Crippen LogP contribution in [0.25, 0.3) is 0 Å². The van der Waals surface area contributed by atoms with Crippen LogP contribution in [0.4, 0.5) is 0 Å². The average Bonchev–Trinajstić information content (AvgIpc) is 2.55. The third-order valence-electron chi connectivity index (χ3n) is 4.07. The zero-order valence-corrected chi connectivity index (χ0v) is 15.2. The summed E-state index contributed by atoms with van der Waals surface area (Å²) in [5.41, 5.74) is 4.97. The molecule has 0 saturated heterocycles. The first-order valence-corrected chi connectivity index (χ1v) is 9.04. The van der Waals surface area contributed by atoms with E-state index in [0.717, 1.165) is 11.3 Å². The summed E-state index contributed by atoms with van der Waals surface area (Å²) in [6, 6.07) is 14.8. The van der Waals surface area contributed by atoms with Crippen molar-refractivity contribution in [2.24, 2.45) is 0 Å². The summed E-state index contributed by atoms with van der Waals surface area (Å²) in [6.07, 6.45) is 0.892. The second kappa shape index (κ2) is 8.21. The summed E-state index contributed by atoms with van der Waals surface area (Å²) in [5, 5.41) is 3.15. The molecule has 1 atom stereocenters. The highest BCUT2D eigenvalue weighted by molar-refractivity contribution is 8.00. The van der Waals surface area contributed by atoms with Gasteiger partial charge >= 0.3 is 0 Å². The van der Waals surface area contributed by atoms with Gasteiger partial charge in [0.15, 0.2) is 0 Å². The SMILES string of the molecule is CCC(NC(=O)CSc1ccc(C)cc1)c1ccc(C)c(C)c1. The Morgan fingerprint density at radius 2 is 1.74 bits per heavy atom. The Kier molecular flexibility index (Phi) is 6.28. The van der Waals surface area contributed by atoms with Gasteiger partial charge in [0.05, 0.1) is 11.8 Å². The maximum atomic E-state index is 12.2. The number of amides is 1. The first kappa shape index (κ1) is 17.6. The van der Waals surface area contributed by atoms with E-state index in [1.165, 1.54) is 22.3 Å². The number of rotatable bonds is 6. The quantitative estimate of drug-likeness (QED) is 0.759. The molecule has 2 rings (SSSR count). The van der Waals surface area contributed by atoms with Crippen molar-refractivity contribution in [3.8, 4) is 0 Å². The molecule has 122 valence electrons. The fraction of sp³-hybridized carbons (Fsp3) is 0.350. The van der Waals surface area contributed by atoms with Gasteiger partial charge in [0.1, 0.15) is 0 Å². The topological polar surface area (TPSA) is 29.1 Å². The lowest BCUT2D eigenvalue weighted by Gasteiger charge is -2.18. The van der Waals surface area contributed by atoms with Crippen molar-refractivity contribution < 1.29 is 4.79 Å². The molecular weight excluding hydrogens is 302 g/mol. The molecule has 1 unspecified atom stereocenters. The molecule has 0 heterocycles. The Labute approximate surface area is 143 Å². The lowest BCUT2D eigenvalue weighted by Crippen LogP contribution is -2.29. The number of hydrogen-bond donors (Lipinski definition) is 1. The third-order valence-corrected chi connectivity index (χ3v) is 5.08. The van der Waals surface area contributed by atoms with Gasteiger partial charge in [-0.3, -0.25) is 4.79 Å². The number of carbonyl (C=O) groups is 1. The predicted molar refractivity (Wildman–Crippen MR) is 99.0 cm³/mol. The van der Waals surface area contributed by atoms with Crippen LogP contribution in [0.1, 0.15) is 41.6 Å². The molecule has 1 N–H and O–H groups in total. The molecule has 2 aromatic carbocycles. The smallest absolute Gasteiger partial charge is 0.230 e. The maximum Gasteiger partial charge on any atom is 0.230 e. The summed E-state index contributed by atoms with van der Waals surface area (Å²) in [4.78, 5) is 13.4. The van der Waals surface area contributed by atoms with Gasteiger partial charge in [-0.15, -0.1) is 11.8 Å². The standard InChI is InChI=1S/C20H25NOS/c1-5-19(17-9-8-15(3)16(4)12-17)21-20(22)13-23-18-10-6-14(2)7-11-18/h6-12,19H,5,13H2,1-4H3,(H,21,22). The minimum absolute atomic E-state index is 0.0837. The monoisotopic (exact) mass is 327 g/mol. The van der Waals surface area contributed by atoms with Crippen molar-refractivity contribution >= 4 is 17.7 Å². The highest BCUT2D eigenvalue weighted by Gasteiger charge is 2.13. The van der Waals surface area contributed by atoms with Crippen molar-refractivity contribution in [3.63, 3.8) is 0 Å². The Balaban J connectivity index is 1.94. The molecule has 0 bridgehead atoms. The molecule has 0 aromatic heterocycles. The Hall–Kier alpha value is -1.74. The normalized spacial score (nSPS) is 12.0. The van der Waals surface area contributed by atoms with Gasteiger partial charge < -0.3 is 5.32 Å². The van der Waals surface area contributed by atoms with E-state index in [-0.39, 0.29) is 11.9 Å². The zero-order valence-electron chi connectivity index (χ0n) is 14.3. The number of nitrogens with one attached hydrogen (secondary N) is 1. The molecule has 0 aliphatic heterocycles. The van der Waals surface area contributed by atoms with Crippen LogP contribution in [-0.4, -0.2) is 11.7 Å². The van der Waals surface area contributed by atoms with Gasteiger partial charge in [-0.25, -0.2) is 0 Å². The molecule has 1 amide bonds. The van der Waals surface area contributed by atoms with E-state index in [2.05, 4.69) is 75.5 Å². The Morgan fingerprint density at radius 1 is 1.04 bits per heavy atom. The summed E-state index contributed by atoms with van der Waals surface area (Å²) < 4.78 is 0. The molecule has 0 saturated carbocycles. The number of carbonyl (C=O) groups excluding carboxylic acids is 1. The first-order valence-electron chi connectivity index (χ1n) is 8.05. The molecule has 0 radical (unpaired) electrons. The van der Waals surface area contributed by atoms with Crippen molar-refractivity contribution in [2.75, 3.05) is 5.75 Å². The van der Waals surface area contributed by atoms with Gasteiger partial charge in [0.2, 0.25) is 5.91 Å². The van der Waals surface area contributed by atoms with Gasteiger partial charge in [0, 0.05) is 4.90 Å². The maximum absolute atomic E-state index is 12.2. The number of aryl methyl sites for hydroxylation is 3. The van der Waals surface area contributed by atoms with Crippen LogP contribution in [0.2, 0.25) is 0 Å². The van der Waals surface area contributed by atoms with E-state index < -0.39 is 0 Å². The van der Waals surface area contributed by atoms with Crippen LogP contribution < -0.4 is 5.32 Å². The predicted octanol–water partition coefficient (Wildman–Crippen LogP) is 4.97. The zero-order chi connectivity index (χ0) is 16.8. The van der Waals surface area contributed by atoms with Crippen molar-refractivity contribution in [3.05, 3.63) is 64.7 Å².